The van der Waals surface area contributed by atoms with Crippen LogP contribution in [-0.4, -0.2) is 31.9 Å². The Morgan fingerprint density at radius 3 is 3.11 bits per heavy atom. The van der Waals surface area contributed by atoms with Gasteiger partial charge in [0, 0.05) is 19.6 Å². The monoisotopic (exact) mass is 261 g/mol. The lowest BCUT2D eigenvalue weighted by Crippen LogP contribution is -2.31. The van der Waals surface area contributed by atoms with Crippen LogP contribution in [0.5, 0.6) is 5.75 Å². The predicted molar refractivity (Wildman–Crippen MR) is 75.8 cm³/mol. The molecule has 1 aromatic carbocycles. The van der Waals surface area contributed by atoms with Crippen molar-refractivity contribution >= 4 is 0 Å². The van der Waals surface area contributed by atoms with E-state index in [0.29, 0.717) is 12.2 Å². The molecule has 3 nitrogen and oxygen atoms in total. The first-order valence-electron chi connectivity index (χ1n) is 7.40. The summed E-state index contributed by atoms with van der Waals surface area (Å²) in [6.45, 7) is 5.04. The molecule has 1 fully saturated rings. The van der Waals surface area contributed by atoms with Gasteiger partial charge in [-0.3, -0.25) is 0 Å². The summed E-state index contributed by atoms with van der Waals surface area (Å²) in [5.74, 6) is 1.07. The number of rotatable bonds is 5. The van der Waals surface area contributed by atoms with Crippen molar-refractivity contribution in [1.82, 2.24) is 5.32 Å². The molecule has 2 atom stereocenters. The summed E-state index contributed by atoms with van der Waals surface area (Å²) in [4.78, 5) is 0. The summed E-state index contributed by atoms with van der Waals surface area (Å²) in [5, 5.41) is 3.50. The maximum absolute atomic E-state index is 5.94. The minimum atomic E-state index is 0.293. The van der Waals surface area contributed by atoms with Crippen LogP contribution in [0.1, 0.15) is 30.4 Å². The molecule has 2 heterocycles. The van der Waals surface area contributed by atoms with Crippen molar-refractivity contribution in [3.05, 3.63) is 29.3 Å². The van der Waals surface area contributed by atoms with E-state index in [1.165, 1.54) is 24.0 Å². The number of aryl methyl sites for hydroxylation is 1. The second-order valence-electron chi connectivity index (χ2n) is 5.68. The Balaban J connectivity index is 1.38. The standard InChI is InChI=1S/C16H23NO2/c1-12-4-5-16-13(9-12)10-15(19-16)11-17-7-6-14-3-2-8-18-14/h4-5,9,14-15,17H,2-3,6-8,10-11H2,1H3. The second kappa shape index (κ2) is 5.93. The van der Waals surface area contributed by atoms with Gasteiger partial charge in [0.15, 0.2) is 0 Å². The third-order valence-corrected chi connectivity index (χ3v) is 4.00. The molecule has 1 N–H and O–H groups in total. The molecule has 0 aliphatic carbocycles. The highest BCUT2D eigenvalue weighted by molar-refractivity contribution is 5.40. The van der Waals surface area contributed by atoms with E-state index < -0.39 is 0 Å². The van der Waals surface area contributed by atoms with Crippen molar-refractivity contribution in [2.24, 2.45) is 0 Å². The summed E-state index contributed by atoms with van der Waals surface area (Å²) >= 11 is 0. The van der Waals surface area contributed by atoms with Crippen LogP contribution >= 0.6 is 0 Å². The molecule has 3 rings (SSSR count). The quantitative estimate of drug-likeness (QED) is 0.826. The Labute approximate surface area is 115 Å². The van der Waals surface area contributed by atoms with Gasteiger partial charge in [-0.25, -0.2) is 0 Å². The van der Waals surface area contributed by atoms with E-state index in [1.807, 2.05) is 0 Å². The molecule has 0 radical (unpaired) electrons. The average Bonchev–Trinajstić information content (AvgIpc) is 3.02. The maximum atomic E-state index is 5.94. The molecular weight excluding hydrogens is 238 g/mol. The molecule has 104 valence electrons. The zero-order valence-electron chi connectivity index (χ0n) is 11.7. The van der Waals surface area contributed by atoms with Crippen LogP contribution in [0.25, 0.3) is 0 Å². The van der Waals surface area contributed by atoms with E-state index in [-0.39, 0.29) is 0 Å². The van der Waals surface area contributed by atoms with E-state index in [2.05, 4.69) is 30.4 Å². The third kappa shape index (κ3) is 3.28. The van der Waals surface area contributed by atoms with E-state index in [4.69, 9.17) is 9.47 Å². The van der Waals surface area contributed by atoms with E-state index in [0.717, 1.165) is 38.3 Å². The molecule has 2 aliphatic rings. The molecule has 0 aromatic heterocycles. The van der Waals surface area contributed by atoms with Gasteiger partial charge >= 0.3 is 0 Å². The molecule has 2 aliphatic heterocycles. The lowest BCUT2D eigenvalue weighted by molar-refractivity contribution is 0.103. The highest BCUT2D eigenvalue weighted by atomic mass is 16.5. The fraction of sp³-hybridized carbons (Fsp3) is 0.625. The highest BCUT2D eigenvalue weighted by Crippen LogP contribution is 2.29. The number of ether oxygens (including phenoxy) is 2. The number of benzene rings is 1. The fourth-order valence-corrected chi connectivity index (χ4v) is 2.96. The van der Waals surface area contributed by atoms with Crippen molar-refractivity contribution in [2.45, 2.75) is 44.8 Å². The lowest BCUT2D eigenvalue weighted by Gasteiger charge is -2.13. The Hall–Kier alpha value is -1.06. The van der Waals surface area contributed by atoms with Gasteiger partial charge in [0.2, 0.25) is 0 Å². The Morgan fingerprint density at radius 2 is 2.26 bits per heavy atom. The average molecular weight is 261 g/mol. The topological polar surface area (TPSA) is 30.5 Å². The minimum Gasteiger partial charge on any atom is -0.488 e. The predicted octanol–water partition coefficient (Wildman–Crippen LogP) is 2.46. The molecule has 0 saturated carbocycles. The van der Waals surface area contributed by atoms with Crippen LogP contribution in [0.4, 0.5) is 0 Å². The van der Waals surface area contributed by atoms with Crippen molar-refractivity contribution < 1.29 is 9.47 Å². The molecule has 1 aromatic rings. The summed E-state index contributed by atoms with van der Waals surface area (Å²) in [6.07, 6.45) is 5.39. The van der Waals surface area contributed by atoms with E-state index in [9.17, 15) is 0 Å². The Kier molecular flexibility index (Phi) is 4.04. The fourth-order valence-electron chi connectivity index (χ4n) is 2.96. The first-order chi connectivity index (χ1) is 9.31. The molecule has 0 bridgehead atoms. The highest BCUT2D eigenvalue weighted by Gasteiger charge is 2.22. The number of nitrogens with one attached hydrogen (secondary N) is 1. The largest absolute Gasteiger partial charge is 0.488 e. The summed E-state index contributed by atoms with van der Waals surface area (Å²) in [7, 11) is 0. The van der Waals surface area contributed by atoms with Gasteiger partial charge in [-0.1, -0.05) is 17.7 Å². The van der Waals surface area contributed by atoms with Crippen molar-refractivity contribution in [1.29, 1.82) is 0 Å². The van der Waals surface area contributed by atoms with Crippen LogP contribution in [0.2, 0.25) is 0 Å². The van der Waals surface area contributed by atoms with Gasteiger partial charge in [0.05, 0.1) is 6.10 Å². The van der Waals surface area contributed by atoms with Crippen LogP contribution in [0.15, 0.2) is 18.2 Å². The summed E-state index contributed by atoms with van der Waals surface area (Å²) < 4.78 is 11.6. The van der Waals surface area contributed by atoms with Crippen molar-refractivity contribution in [3.63, 3.8) is 0 Å². The Bertz CT molecular complexity index is 427. The lowest BCUT2D eigenvalue weighted by atomic mass is 10.1. The van der Waals surface area contributed by atoms with Gasteiger partial charge in [-0.15, -0.1) is 0 Å². The zero-order valence-corrected chi connectivity index (χ0v) is 11.7. The molecular formula is C16H23NO2. The van der Waals surface area contributed by atoms with Gasteiger partial charge in [0.1, 0.15) is 11.9 Å². The number of hydrogen-bond donors (Lipinski definition) is 1. The maximum Gasteiger partial charge on any atom is 0.123 e. The SMILES string of the molecule is Cc1ccc2c(c1)CC(CNCCC1CCCO1)O2. The van der Waals surface area contributed by atoms with Crippen molar-refractivity contribution in [2.75, 3.05) is 19.7 Å². The third-order valence-electron chi connectivity index (χ3n) is 4.00. The first kappa shape index (κ1) is 12.9. The smallest absolute Gasteiger partial charge is 0.123 e. The molecule has 0 amide bonds. The first-order valence-corrected chi connectivity index (χ1v) is 7.40. The zero-order chi connectivity index (χ0) is 13.1. The van der Waals surface area contributed by atoms with Crippen LogP contribution in [0.3, 0.4) is 0 Å². The summed E-state index contributed by atoms with van der Waals surface area (Å²) in [5.41, 5.74) is 2.67. The van der Waals surface area contributed by atoms with Crippen molar-refractivity contribution in [3.8, 4) is 5.75 Å². The normalized spacial score (nSPS) is 25.3. The molecule has 2 unspecified atom stereocenters. The molecule has 19 heavy (non-hydrogen) atoms. The number of hydrogen-bond acceptors (Lipinski definition) is 3. The molecule has 1 saturated heterocycles. The second-order valence-corrected chi connectivity index (χ2v) is 5.68. The summed E-state index contributed by atoms with van der Waals surface area (Å²) in [6, 6.07) is 6.45. The number of fused-ring (bicyclic) bond motifs is 1. The van der Waals surface area contributed by atoms with Gasteiger partial charge in [0.25, 0.3) is 0 Å². The minimum absolute atomic E-state index is 0.293. The van der Waals surface area contributed by atoms with Crippen LogP contribution in [-0.2, 0) is 11.2 Å². The van der Waals surface area contributed by atoms with E-state index in [1.54, 1.807) is 0 Å². The molecule has 3 heteroatoms. The van der Waals surface area contributed by atoms with Gasteiger partial charge in [-0.05, 0) is 44.4 Å². The molecule has 0 spiro atoms. The Morgan fingerprint density at radius 1 is 1.32 bits per heavy atom. The van der Waals surface area contributed by atoms with E-state index >= 15 is 0 Å². The van der Waals surface area contributed by atoms with Gasteiger partial charge < -0.3 is 14.8 Å². The van der Waals surface area contributed by atoms with Crippen LogP contribution < -0.4 is 10.1 Å². The van der Waals surface area contributed by atoms with Crippen LogP contribution in [0, 0.1) is 6.92 Å². The van der Waals surface area contributed by atoms with Gasteiger partial charge in [-0.2, -0.15) is 0 Å².